The molecule has 0 aromatic carbocycles. The number of hydrogen-bond donors (Lipinski definition) is 0. The standard InChI is InChI=1S/C12H16F3N3O/c1-8(2)9-5-16-7-17-11(9)18-3-4-19-10(6-18)12(13,14)15/h5,7-8,10H,3-4,6H2,1-2H3/t10-/m0/s1. The fraction of sp³-hybridized carbons (Fsp3) is 0.667. The summed E-state index contributed by atoms with van der Waals surface area (Å²) < 4.78 is 42.9. The van der Waals surface area contributed by atoms with E-state index < -0.39 is 12.3 Å². The highest BCUT2D eigenvalue weighted by Crippen LogP contribution is 2.30. The number of halogens is 3. The zero-order valence-electron chi connectivity index (χ0n) is 10.8. The molecule has 2 heterocycles. The van der Waals surface area contributed by atoms with Gasteiger partial charge in [0.05, 0.1) is 13.2 Å². The summed E-state index contributed by atoms with van der Waals surface area (Å²) in [6.45, 7) is 4.16. The van der Waals surface area contributed by atoms with Gasteiger partial charge in [0.2, 0.25) is 0 Å². The highest BCUT2D eigenvalue weighted by molar-refractivity contribution is 5.47. The summed E-state index contributed by atoms with van der Waals surface area (Å²) >= 11 is 0. The number of nitrogens with zero attached hydrogens (tertiary/aromatic N) is 3. The normalized spacial score (nSPS) is 20.9. The molecule has 2 rings (SSSR count). The molecule has 0 aliphatic carbocycles. The molecule has 0 amide bonds. The molecule has 106 valence electrons. The Hall–Kier alpha value is -1.37. The van der Waals surface area contributed by atoms with Gasteiger partial charge in [0.1, 0.15) is 12.1 Å². The fourth-order valence-electron chi connectivity index (χ4n) is 2.05. The number of hydrogen-bond acceptors (Lipinski definition) is 4. The first-order chi connectivity index (χ1) is 8.89. The van der Waals surface area contributed by atoms with Gasteiger partial charge in [0.15, 0.2) is 6.10 Å². The van der Waals surface area contributed by atoms with E-state index in [4.69, 9.17) is 4.74 Å². The van der Waals surface area contributed by atoms with Crippen LogP contribution in [-0.2, 0) is 4.74 Å². The average Bonchev–Trinajstić information content (AvgIpc) is 2.38. The van der Waals surface area contributed by atoms with Gasteiger partial charge in [-0.3, -0.25) is 0 Å². The van der Waals surface area contributed by atoms with Crippen LogP contribution in [-0.4, -0.2) is 41.9 Å². The lowest BCUT2D eigenvalue weighted by atomic mass is 10.1. The lowest BCUT2D eigenvalue weighted by Crippen LogP contribution is -2.49. The highest BCUT2D eigenvalue weighted by atomic mass is 19.4. The summed E-state index contributed by atoms with van der Waals surface area (Å²) in [7, 11) is 0. The lowest BCUT2D eigenvalue weighted by molar-refractivity contribution is -0.221. The van der Waals surface area contributed by atoms with Crippen LogP contribution in [0, 0.1) is 0 Å². The first kappa shape index (κ1) is 14.0. The third-order valence-electron chi connectivity index (χ3n) is 3.07. The predicted molar refractivity (Wildman–Crippen MR) is 64.1 cm³/mol. The summed E-state index contributed by atoms with van der Waals surface area (Å²) in [6, 6.07) is 0. The van der Waals surface area contributed by atoms with Crippen LogP contribution in [0.15, 0.2) is 12.5 Å². The van der Waals surface area contributed by atoms with Gasteiger partial charge in [0, 0.05) is 18.3 Å². The summed E-state index contributed by atoms with van der Waals surface area (Å²) in [6.07, 6.45) is -3.08. The van der Waals surface area contributed by atoms with Crippen LogP contribution in [0.1, 0.15) is 25.3 Å². The zero-order chi connectivity index (χ0) is 14.0. The van der Waals surface area contributed by atoms with E-state index in [1.807, 2.05) is 13.8 Å². The summed E-state index contributed by atoms with van der Waals surface area (Å²) in [4.78, 5) is 9.69. The van der Waals surface area contributed by atoms with E-state index in [0.717, 1.165) is 5.56 Å². The number of morpholine rings is 1. The quantitative estimate of drug-likeness (QED) is 0.830. The van der Waals surface area contributed by atoms with Crippen LogP contribution in [0.25, 0.3) is 0 Å². The molecule has 0 radical (unpaired) electrons. The minimum Gasteiger partial charge on any atom is -0.365 e. The van der Waals surface area contributed by atoms with Crippen LogP contribution in [0.3, 0.4) is 0 Å². The van der Waals surface area contributed by atoms with E-state index in [1.54, 1.807) is 11.1 Å². The van der Waals surface area contributed by atoms with Crippen LogP contribution >= 0.6 is 0 Å². The summed E-state index contributed by atoms with van der Waals surface area (Å²) in [5.41, 5.74) is 0.852. The third kappa shape index (κ3) is 3.15. The molecule has 1 aliphatic heterocycles. The Morgan fingerprint density at radius 1 is 1.42 bits per heavy atom. The molecule has 0 spiro atoms. The lowest BCUT2D eigenvalue weighted by Gasteiger charge is -2.35. The van der Waals surface area contributed by atoms with E-state index in [9.17, 15) is 13.2 Å². The van der Waals surface area contributed by atoms with E-state index in [0.29, 0.717) is 12.4 Å². The van der Waals surface area contributed by atoms with Crippen molar-refractivity contribution in [3.05, 3.63) is 18.1 Å². The zero-order valence-corrected chi connectivity index (χ0v) is 10.8. The molecule has 7 heteroatoms. The molecule has 1 fully saturated rings. The maximum Gasteiger partial charge on any atom is 0.416 e. The van der Waals surface area contributed by atoms with Crippen molar-refractivity contribution in [2.45, 2.75) is 32.0 Å². The van der Waals surface area contributed by atoms with Gasteiger partial charge in [0.25, 0.3) is 0 Å². The van der Waals surface area contributed by atoms with Crippen LogP contribution in [0.2, 0.25) is 0 Å². The predicted octanol–water partition coefficient (Wildman–Crippen LogP) is 2.37. The van der Waals surface area contributed by atoms with Crippen molar-refractivity contribution < 1.29 is 17.9 Å². The number of rotatable bonds is 2. The van der Waals surface area contributed by atoms with Crippen LogP contribution in [0.4, 0.5) is 19.0 Å². The smallest absolute Gasteiger partial charge is 0.365 e. The van der Waals surface area contributed by atoms with Gasteiger partial charge in [-0.05, 0) is 5.92 Å². The van der Waals surface area contributed by atoms with Crippen LogP contribution < -0.4 is 4.90 Å². The largest absolute Gasteiger partial charge is 0.416 e. The van der Waals surface area contributed by atoms with Gasteiger partial charge >= 0.3 is 6.18 Å². The molecule has 4 nitrogen and oxygen atoms in total. The summed E-state index contributed by atoms with van der Waals surface area (Å²) in [5, 5.41) is 0. The first-order valence-corrected chi connectivity index (χ1v) is 6.12. The highest BCUT2D eigenvalue weighted by Gasteiger charge is 2.43. The molecule has 1 atom stereocenters. The molecule has 0 saturated carbocycles. The molecule has 0 N–H and O–H groups in total. The van der Waals surface area contributed by atoms with E-state index in [2.05, 4.69) is 9.97 Å². The molecule has 1 aromatic heterocycles. The Balaban J connectivity index is 2.22. The van der Waals surface area contributed by atoms with Gasteiger partial charge in [-0.25, -0.2) is 9.97 Å². The molecule has 1 aliphatic rings. The van der Waals surface area contributed by atoms with Crippen molar-refractivity contribution in [3.8, 4) is 0 Å². The molecule has 19 heavy (non-hydrogen) atoms. The van der Waals surface area contributed by atoms with Gasteiger partial charge in [-0.1, -0.05) is 13.8 Å². The molecule has 0 unspecified atom stereocenters. The van der Waals surface area contributed by atoms with Crippen molar-refractivity contribution in [2.24, 2.45) is 0 Å². The number of aromatic nitrogens is 2. The summed E-state index contributed by atoms with van der Waals surface area (Å²) in [5.74, 6) is 0.728. The Bertz CT molecular complexity index is 436. The maximum atomic E-state index is 12.7. The molecular formula is C12H16F3N3O. The molecule has 1 saturated heterocycles. The van der Waals surface area contributed by atoms with E-state index in [1.165, 1.54) is 6.33 Å². The van der Waals surface area contributed by atoms with Gasteiger partial charge < -0.3 is 9.64 Å². The van der Waals surface area contributed by atoms with Crippen LogP contribution in [0.5, 0.6) is 0 Å². The Morgan fingerprint density at radius 3 is 2.79 bits per heavy atom. The van der Waals surface area contributed by atoms with Gasteiger partial charge in [-0.2, -0.15) is 13.2 Å². The van der Waals surface area contributed by atoms with E-state index >= 15 is 0 Å². The van der Waals surface area contributed by atoms with Crippen molar-refractivity contribution in [3.63, 3.8) is 0 Å². The fourth-order valence-corrected chi connectivity index (χ4v) is 2.05. The van der Waals surface area contributed by atoms with Crippen molar-refractivity contribution in [2.75, 3.05) is 24.6 Å². The Kier molecular flexibility index (Phi) is 3.93. The third-order valence-corrected chi connectivity index (χ3v) is 3.07. The second kappa shape index (κ2) is 5.32. The number of alkyl halides is 3. The second-order valence-corrected chi connectivity index (χ2v) is 4.80. The van der Waals surface area contributed by atoms with Crippen molar-refractivity contribution in [1.82, 2.24) is 9.97 Å². The first-order valence-electron chi connectivity index (χ1n) is 6.12. The molecule has 1 aromatic rings. The topological polar surface area (TPSA) is 38.2 Å². The molecule has 0 bridgehead atoms. The second-order valence-electron chi connectivity index (χ2n) is 4.80. The average molecular weight is 275 g/mol. The van der Waals surface area contributed by atoms with Crippen molar-refractivity contribution in [1.29, 1.82) is 0 Å². The Labute approximate surface area is 109 Å². The number of anilines is 1. The Morgan fingerprint density at radius 2 is 2.16 bits per heavy atom. The van der Waals surface area contributed by atoms with Gasteiger partial charge in [-0.15, -0.1) is 0 Å². The number of ether oxygens (including phenoxy) is 1. The monoisotopic (exact) mass is 275 g/mol. The SMILES string of the molecule is CC(C)c1cncnc1N1CCO[C@H](C(F)(F)F)C1. The van der Waals surface area contributed by atoms with E-state index in [-0.39, 0.29) is 19.1 Å². The molecular weight excluding hydrogens is 259 g/mol. The maximum absolute atomic E-state index is 12.7. The minimum absolute atomic E-state index is 0.0473. The minimum atomic E-state index is -4.34. The van der Waals surface area contributed by atoms with Crippen molar-refractivity contribution >= 4 is 5.82 Å².